The number of nitrogens with zero attached hydrogens (tertiary/aromatic N) is 3. The third kappa shape index (κ3) is 5.75. The minimum atomic E-state index is 0.253. The summed E-state index contributed by atoms with van der Waals surface area (Å²) in [6, 6.07) is 18.2. The summed E-state index contributed by atoms with van der Waals surface area (Å²) in [5.41, 5.74) is 4.04. The van der Waals surface area contributed by atoms with Gasteiger partial charge in [0.1, 0.15) is 6.26 Å². The molecule has 1 aromatic heterocycles. The van der Waals surface area contributed by atoms with Crippen molar-refractivity contribution in [2.24, 2.45) is 4.99 Å². The number of rotatable bonds is 8. The number of guanidine groups is 1. The predicted molar refractivity (Wildman–Crippen MR) is 125 cm³/mol. The maximum atomic E-state index is 11.8. The number of aromatic nitrogens is 1. The van der Waals surface area contributed by atoms with Gasteiger partial charge in [0.05, 0.1) is 18.8 Å². The van der Waals surface area contributed by atoms with Gasteiger partial charge >= 0.3 is 0 Å². The molecule has 7 nitrogen and oxygen atoms in total. The first-order chi connectivity index (χ1) is 15.7. The van der Waals surface area contributed by atoms with Gasteiger partial charge in [-0.15, -0.1) is 0 Å². The van der Waals surface area contributed by atoms with Crippen LogP contribution < -0.4 is 10.6 Å². The maximum Gasteiger partial charge on any atom is 0.226 e. The Balaban J connectivity index is 1.32. The van der Waals surface area contributed by atoms with E-state index in [2.05, 4.69) is 44.9 Å². The Kier molecular flexibility index (Phi) is 7.17. The van der Waals surface area contributed by atoms with E-state index in [1.54, 1.807) is 6.26 Å². The average Bonchev–Trinajstić information content (AvgIpc) is 3.46. The van der Waals surface area contributed by atoms with Crippen LogP contribution in [-0.4, -0.2) is 34.8 Å². The molecule has 0 atom stereocenters. The zero-order valence-corrected chi connectivity index (χ0v) is 18.4. The second-order valence-corrected chi connectivity index (χ2v) is 7.79. The molecular weight excluding hydrogens is 402 g/mol. The largest absolute Gasteiger partial charge is 0.444 e. The smallest absolute Gasteiger partial charge is 0.226 e. The Morgan fingerprint density at radius 2 is 1.88 bits per heavy atom. The number of benzene rings is 2. The summed E-state index contributed by atoms with van der Waals surface area (Å²) in [7, 11) is 0. The first kappa shape index (κ1) is 21.6. The van der Waals surface area contributed by atoms with Gasteiger partial charge < -0.3 is 20.0 Å². The molecule has 1 aliphatic heterocycles. The fourth-order valence-electron chi connectivity index (χ4n) is 3.63. The molecule has 0 saturated carbocycles. The molecule has 0 spiro atoms. The van der Waals surface area contributed by atoms with E-state index in [1.165, 1.54) is 0 Å². The second-order valence-electron chi connectivity index (χ2n) is 7.79. The standard InChI is InChI=1S/C25H29N5O2/c1-2-26-25(28-16-22-18-32-24(29-22)21-7-4-3-5-8-21)27-15-19-10-12-20(13-11-19)17-30-14-6-9-23(30)31/h3-5,7-8,10-13,18H,2,6,9,14-17H2,1H3,(H2,26,27,28). The van der Waals surface area contributed by atoms with Crippen molar-refractivity contribution in [3.05, 3.63) is 77.7 Å². The Bertz CT molecular complexity index is 1040. The molecule has 2 N–H and O–H groups in total. The molecule has 0 bridgehead atoms. The third-order valence-electron chi connectivity index (χ3n) is 5.34. The lowest BCUT2D eigenvalue weighted by Crippen LogP contribution is -2.36. The van der Waals surface area contributed by atoms with E-state index in [-0.39, 0.29) is 5.91 Å². The van der Waals surface area contributed by atoms with Crippen molar-refractivity contribution in [2.75, 3.05) is 13.1 Å². The zero-order chi connectivity index (χ0) is 22.2. The van der Waals surface area contributed by atoms with Gasteiger partial charge in [-0.3, -0.25) is 4.79 Å². The summed E-state index contributed by atoms with van der Waals surface area (Å²) < 4.78 is 5.60. The molecule has 1 amide bonds. The van der Waals surface area contributed by atoms with Crippen LogP contribution in [0, 0.1) is 0 Å². The number of nitrogens with one attached hydrogen (secondary N) is 2. The van der Waals surface area contributed by atoms with Crippen molar-refractivity contribution in [3.8, 4) is 11.5 Å². The third-order valence-corrected chi connectivity index (χ3v) is 5.34. The normalized spacial score (nSPS) is 14.1. The van der Waals surface area contributed by atoms with E-state index < -0.39 is 0 Å². The summed E-state index contributed by atoms with van der Waals surface area (Å²) in [6.45, 7) is 5.44. The number of carbonyl (C=O) groups excluding carboxylic acids is 1. The average molecular weight is 432 g/mol. The van der Waals surface area contributed by atoms with Gasteiger partial charge in [-0.05, 0) is 36.6 Å². The van der Waals surface area contributed by atoms with Gasteiger partial charge in [-0.2, -0.15) is 0 Å². The minimum Gasteiger partial charge on any atom is -0.444 e. The lowest BCUT2D eigenvalue weighted by Gasteiger charge is -2.15. The number of hydrogen-bond donors (Lipinski definition) is 2. The fourth-order valence-corrected chi connectivity index (χ4v) is 3.63. The number of likely N-dealkylation sites (tertiary alicyclic amines) is 1. The molecule has 7 heteroatoms. The Morgan fingerprint density at radius 1 is 1.09 bits per heavy atom. The van der Waals surface area contributed by atoms with E-state index in [0.29, 0.717) is 31.9 Å². The molecule has 2 heterocycles. The monoisotopic (exact) mass is 431 g/mol. The SMILES string of the molecule is CCNC(=NCc1ccc(CN2CCCC2=O)cc1)NCc1coc(-c2ccccc2)n1. The van der Waals surface area contributed by atoms with Crippen LogP contribution in [0.2, 0.25) is 0 Å². The van der Waals surface area contributed by atoms with Gasteiger partial charge in [0.15, 0.2) is 5.96 Å². The molecule has 166 valence electrons. The van der Waals surface area contributed by atoms with Gasteiger partial charge in [0, 0.05) is 31.6 Å². The molecule has 1 fully saturated rings. The highest BCUT2D eigenvalue weighted by Gasteiger charge is 2.19. The maximum absolute atomic E-state index is 11.8. The fraction of sp³-hybridized carbons (Fsp3) is 0.320. The topological polar surface area (TPSA) is 82.8 Å². The van der Waals surface area contributed by atoms with Crippen molar-refractivity contribution in [1.82, 2.24) is 20.5 Å². The van der Waals surface area contributed by atoms with E-state index in [0.717, 1.165) is 47.9 Å². The molecule has 2 aromatic carbocycles. The van der Waals surface area contributed by atoms with Gasteiger partial charge in [-0.1, -0.05) is 42.5 Å². The van der Waals surface area contributed by atoms with Crippen molar-refractivity contribution in [2.45, 2.75) is 39.4 Å². The highest BCUT2D eigenvalue weighted by molar-refractivity contribution is 5.79. The lowest BCUT2D eigenvalue weighted by molar-refractivity contribution is -0.128. The second kappa shape index (κ2) is 10.6. The predicted octanol–water partition coefficient (Wildman–Crippen LogP) is 3.72. The Hall–Kier alpha value is -3.61. The Morgan fingerprint density at radius 3 is 2.59 bits per heavy atom. The van der Waals surface area contributed by atoms with Crippen LogP contribution in [0.4, 0.5) is 0 Å². The molecular formula is C25H29N5O2. The van der Waals surface area contributed by atoms with Gasteiger partial charge in [0.2, 0.25) is 11.8 Å². The molecule has 32 heavy (non-hydrogen) atoms. The summed E-state index contributed by atoms with van der Waals surface area (Å²) >= 11 is 0. The molecule has 0 radical (unpaired) electrons. The summed E-state index contributed by atoms with van der Waals surface area (Å²) in [4.78, 5) is 23.0. The van der Waals surface area contributed by atoms with E-state index in [4.69, 9.17) is 4.42 Å². The quantitative estimate of drug-likeness (QED) is 0.420. The number of amides is 1. The first-order valence-corrected chi connectivity index (χ1v) is 11.1. The number of hydrogen-bond acceptors (Lipinski definition) is 4. The summed E-state index contributed by atoms with van der Waals surface area (Å²) in [5.74, 6) is 1.59. The van der Waals surface area contributed by atoms with Crippen LogP contribution in [-0.2, 0) is 24.4 Å². The number of aliphatic imine (C=N–C) groups is 1. The van der Waals surface area contributed by atoms with Crippen LogP contribution in [0.3, 0.4) is 0 Å². The van der Waals surface area contributed by atoms with Gasteiger partial charge in [0.25, 0.3) is 0 Å². The molecule has 4 rings (SSSR count). The number of carbonyl (C=O) groups is 1. The van der Waals surface area contributed by atoms with Crippen LogP contribution in [0.15, 0.2) is 70.3 Å². The van der Waals surface area contributed by atoms with Gasteiger partial charge in [-0.25, -0.2) is 9.98 Å². The molecule has 0 unspecified atom stereocenters. The summed E-state index contributed by atoms with van der Waals surface area (Å²) in [5, 5.41) is 6.57. The van der Waals surface area contributed by atoms with Crippen LogP contribution in [0.1, 0.15) is 36.6 Å². The van der Waals surface area contributed by atoms with E-state index in [9.17, 15) is 4.79 Å². The highest BCUT2D eigenvalue weighted by atomic mass is 16.3. The highest BCUT2D eigenvalue weighted by Crippen LogP contribution is 2.18. The summed E-state index contributed by atoms with van der Waals surface area (Å²) in [6.07, 6.45) is 3.31. The van der Waals surface area contributed by atoms with Crippen LogP contribution in [0.5, 0.6) is 0 Å². The van der Waals surface area contributed by atoms with Crippen molar-refractivity contribution >= 4 is 11.9 Å². The zero-order valence-electron chi connectivity index (χ0n) is 18.4. The molecule has 0 aliphatic carbocycles. The van der Waals surface area contributed by atoms with Crippen molar-refractivity contribution in [3.63, 3.8) is 0 Å². The minimum absolute atomic E-state index is 0.253. The van der Waals surface area contributed by atoms with Crippen molar-refractivity contribution < 1.29 is 9.21 Å². The first-order valence-electron chi connectivity index (χ1n) is 11.1. The van der Waals surface area contributed by atoms with Crippen LogP contribution in [0.25, 0.3) is 11.5 Å². The molecule has 1 saturated heterocycles. The lowest BCUT2D eigenvalue weighted by atomic mass is 10.1. The van der Waals surface area contributed by atoms with Crippen LogP contribution >= 0.6 is 0 Å². The Labute approximate surface area is 188 Å². The molecule has 1 aliphatic rings. The van der Waals surface area contributed by atoms with E-state index in [1.807, 2.05) is 42.2 Å². The number of oxazole rings is 1. The van der Waals surface area contributed by atoms with Crippen molar-refractivity contribution in [1.29, 1.82) is 0 Å². The molecule has 3 aromatic rings. The van der Waals surface area contributed by atoms with E-state index >= 15 is 0 Å².